The summed E-state index contributed by atoms with van der Waals surface area (Å²) in [6.45, 7) is 0. The van der Waals surface area contributed by atoms with Gasteiger partial charge in [-0.15, -0.1) is 0 Å². The first-order chi connectivity index (χ1) is 31.7. The van der Waals surface area contributed by atoms with Gasteiger partial charge in [0.2, 0.25) is 0 Å². The molecule has 13 aromatic rings. The second-order valence-corrected chi connectivity index (χ2v) is 16.4. The van der Waals surface area contributed by atoms with Gasteiger partial charge in [-0.05, 0) is 74.8 Å². The summed E-state index contributed by atoms with van der Waals surface area (Å²) in [5.41, 5.74) is 11.7. The van der Waals surface area contributed by atoms with E-state index in [0.717, 1.165) is 105 Å². The molecule has 0 aliphatic rings. The number of benzene rings is 10. The van der Waals surface area contributed by atoms with E-state index in [1.165, 1.54) is 5.39 Å². The van der Waals surface area contributed by atoms with Crippen molar-refractivity contribution in [3.8, 4) is 62.1 Å². The number of rotatable bonds is 6. The molecule has 0 bridgehead atoms. The fourth-order valence-electron chi connectivity index (χ4n) is 9.54. The predicted octanol–water partition coefficient (Wildman–Crippen LogP) is 15.5. The lowest BCUT2D eigenvalue weighted by Crippen LogP contribution is -2.04. The van der Waals surface area contributed by atoms with Crippen LogP contribution in [0.2, 0.25) is 0 Å². The van der Waals surface area contributed by atoms with E-state index in [2.05, 4.69) is 199 Å². The molecule has 0 spiro atoms. The minimum absolute atomic E-state index is 0.547. The average Bonchev–Trinajstić information content (AvgIpc) is 3.91. The highest BCUT2D eigenvalue weighted by molar-refractivity contribution is 6.22. The largest absolute Gasteiger partial charge is 0.454 e. The summed E-state index contributed by atoms with van der Waals surface area (Å²) in [6, 6.07) is 76.8. The second-order valence-electron chi connectivity index (χ2n) is 16.4. The third kappa shape index (κ3) is 5.83. The molecule has 64 heavy (non-hydrogen) atoms. The van der Waals surface area contributed by atoms with Gasteiger partial charge in [-0.3, -0.25) is 0 Å². The Bertz CT molecular complexity index is 3940. The quantitative estimate of drug-likeness (QED) is 0.168. The normalized spacial score (nSPS) is 11.8. The van der Waals surface area contributed by atoms with E-state index in [1.54, 1.807) is 0 Å². The molecule has 0 fully saturated rings. The van der Waals surface area contributed by atoms with Crippen LogP contribution in [0.25, 0.3) is 127 Å². The molecule has 0 aliphatic carbocycles. The van der Waals surface area contributed by atoms with Crippen LogP contribution in [0.1, 0.15) is 0 Å². The van der Waals surface area contributed by atoms with Gasteiger partial charge in [-0.2, -0.15) is 0 Å². The predicted molar refractivity (Wildman–Crippen MR) is 264 cm³/mol. The molecule has 0 N–H and O–H groups in total. The van der Waals surface area contributed by atoms with E-state index in [0.29, 0.717) is 17.5 Å². The summed E-state index contributed by atoms with van der Waals surface area (Å²) in [6.07, 6.45) is 0. The third-order valence-corrected chi connectivity index (χ3v) is 12.6. The number of hydrogen-bond donors (Lipinski definition) is 0. The van der Waals surface area contributed by atoms with Crippen molar-refractivity contribution in [2.24, 2.45) is 0 Å². The molecule has 0 saturated carbocycles. The Morgan fingerprint density at radius 1 is 0.328 bits per heavy atom. The van der Waals surface area contributed by atoms with Crippen molar-refractivity contribution in [1.82, 2.24) is 19.5 Å². The Kier molecular flexibility index (Phi) is 8.15. The van der Waals surface area contributed by atoms with E-state index >= 15 is 0 Å². The first-order valence-electron chi connectivity index (χ1n) is 21.6. The molecular weight excluding hydrogens is 781 g/mol. The standard InChI is InChI=1S/C59H36N4O/c1-3-14-37(15-4-1)39-26-28-41(29-27-39)57-60-58(45-22-13-21-42(34-45)38-16-5-2-6-17-38)62-59(61-57)50-33-32-49-47-24-11-12-25-53(47)64-56(49)55(50)63-52-36-44-20-8-7-19-43(44)35-51(52)48-31-30-40-18-9-10-23-46(40)54(48)63/h1-36H. The lowest BCUT2D eigenvalue weighted by molar-refractivity contribution is 0.666. The minimum Gasteiger partial charge on any atom is -0.454 e. The number of fused-ring (bicyclic) bond motifs is 9. The van der Waals surface area contributed by atoms with Crippen LogP contribution < -0.4 is 0 Å². The van der Waals surface area contributed by atoms with Gasteiger partial charge >= 0.3 is 0 Å². The van der Waals surface area contributed by atoms with Gasteiger partial charge in [0, 0.05) is 43.6 Å². The van der Waals surface area contributed by atoms with E-state index in [9.17, 15) is 0 Å². The summed E-state index contributed by atoms with van der Waals surface area (Å²) in [5, 5.41) is 9.03. The summed E-state index contributed by atoms with van der Waals surface area (Å²) in [4.78, 5) is 16.1. The summed E-state index contributed by atoms with van der Waals surface area (Å²) < 4.78 is 9.43. The summed E-state index contributed by atoms with van der Waals surface area (Å²) in [5.74, 6) is 1.71. The van der Waals surface area contributed by atoms with Gasteiger partial charge in [-0.25, -0.2) is 15.0 Å². The average molecular weight is 817 g/mol. The SMILES string of the molecule is c1ccc(-c2ccc(-c3nc(-c4cccc(-c5ccccc5)c4)nc(-c4ccc5c(oc6ccccc65)c4-n4c5cc6ccccc6cc5c5ccc6ccccc6c54)n3)cc2)cc1. The molecule has 0 saturated heterocycles. The summed E-state index contributed by atoms with van der Waals surface area (Å²) >= 11 is 0. The fourth-order valence-corrected chi connectivity index (χ4v) is 9.54. The Labute approximate surface area is 368 Å². The van der Waals surface area contributed by atoms with E-state index < -0.39 is 0 Å². The van der Waals surface area contributed by atoms with Crippen LogP contribution in [-0.2, 0) is 0 Å². The molecule has 5 nitrogen and oxygen atoms in total. The van der Waals surface area contributed by atoms with Gasteiger partial charge in [0.1, 0.15) is 11.3 Å². The first-order valence-corrected chi connectivity index (χ1v) is 21.6. The van der Waals surface area contributed by atoms with Gasteiger partial charge < -0.3 is 8.98 Å². The molecule has 0 aliphatic heterocycles. The highest BCUT2D eigenvalue weighted by Gasteiger charge is 2.26. The van der Waals surface area contributed by atoms with E-state index in [1.807, 2.05) is 24.3 Å². The zero-order chi connectivity index (χ0) is 42.1. The smallest absolute Gasteiger partial charge is 0.166 e. The Morgan fingerprint density at radius 3 is 1.67 bits per heavy atom. The third-order valence-electron chi connectivity index (χ3n) is 12.6. The molecule has 10 aromatic carbocycles. The molecule has 0 amide bonds. The van der Waals surface area contributed by atoms with Crippen molar-refractivity contribution in [3.05, 3.63) is 218 Å². The maximum atomic E-state index is 7.02. The molecule has 0 atom stereocenters. The van der Waals surface area contributed by atoms with Crippen molar-refractivity contribution in [2.45, 2.75) is 0 Å². The van der Waals surface area contributed by atoms with Crippen molar-refractivity contribution in [2.75, 3.05) is 0 Å². The maximum Gasteiger partial charge on any atom is 0.166 e. The molecule has 3 heterocycles. The topological polar surface area (TPSA) is 56.7 Å². The van der Waals surface area contributed by atoms with E-state index in [-0.39, 0.29) is 0 Å². The maximum absolute atomic E-state index is 7.02. The first kappa shape index (κ1) is 36.0. The number of hydrogen-bond acceptors (Lipinski definition) is 4. The van der Waals surface area contributed by atoms with Gasteiger partial charge in [0.05, 0.1) is 11.0 Å². The highest BCUT2D eigenvalue weighted by Crippen LogP contribution is 2.45. The number of para-hydroxylation sites is 1. The molecule has 0 radical (unpaired) electrons. The van der Waals surface area contributed by atoms with Crippen LogP contribution in [0.5, 0.6) is 0 Å². The number of aromatic nitrogens is 4. The van der Waals surface area contributed by atoms with Gasteiger partial charge in [0.15, 0.2) is 23.1 Å². The highest BCUT2D eigenvalue weighted by atomic mass is 16.3. The zero-order valence-corrected chi connectivity index (χ0v) is 34.5. The lowest BCUT2D eigenvalue weighted by Gasteiger charge is -2.16. The summed E-state index contributed by atoms with van der Waals surface area (Å²) in [7, 11) is 0. The van der Waals surface area contributed by atoms with Crippen LogP contribution in [0, 0.1) is 0 Å². The molecule has 0 unspecified atom stereocenters. The Morgan fingerprint density at radius 2 is 0.891 bits per heavy atom. The molecule has 3 aromatic heterocycles. The second kappa shape index (κ2) is 14.5. The van der Waals surface area contributed by atoms with Gasteiger partial charge in [0.25, 0.3) is 0 Å². The van der Waals surface area contributed by atoms with E-state index in [4.69, 9.17) is 19.4 Å². The van der Waals surface area contributed by atoms with Crippen molar-refractivity contribution >= 4 is 65.3 Å². The monoisotopic (exact) mass is 816 g/mol. The van der Waals surface area contributed by atoms with Crippen LogP contribution in [-0.4, -0.2) is 19.5 Å². The fraction of sp³-hybridized carbons (Fsp3) is 0. The zero-order valence-electron chi connectivity index (χ0n) is 34.5. The number of nitrogens with zero attached hydrogens (tertiary/aromatic N) is 4. The Balaban J connectivity index is 1.14. The van der Waals surface area contributed by atoms with Crippen LogP contribution in [0.4, 0.5) is 0 Å². The van der Waals surface area contributed by atoms with Crippen molar-refractivity contribution in [1.29, 1.82) is 0 Å². The molecular formula is C59H36N4O. The Hall–Kier alpha value is -8.67. The van der Waals surface area contributed by atoms with Crippen molar-refractivity contribution < 1.29 is 4.42 Å². The molecule has 5 heteroatoms. The molecule has 13 rings (SSSR count). The molecule has 298 valence electrons. The lowest BCUT2D eigenvalue weighted by atomic mass is 10.0. The minimum atomic E-state index is 0.547. The van der Waals surface area contributed by atoms with Crippen molar-refractivity contribution in [3.63, 3.8) is 0 Å². The van der Waals surface area contributed by atoms with Gasteiger partial charge in [-0.1, -0.05) is 182 Å². The van der Waals surface area contributed by atoms with Crippen LogP contribution in [0.15, 0.2) is 223 Å². The van der Waals surface area contributed by atoms with Crippen LogP contribution >= 0.6 is 0 Å². The number of furan rings is 1. The van der Waals surface area contributed by atoms with Crippen LogP contribution in [0.3, 0.4) is 0 Å².